The molecule has 0 atom stereocenters. The standard InChI is InChI=1S/C15H14Cl2N2OS/c1-9-7-10(16)3-5-12(9)18-15(21)19-13-8-11(17)4-6-14(13)20-2/h3-8H,1-2H3,(H2,18,19,21). The van der Waals surface area contributed by atoms with Crippen molar-refractivity contribution in [3.63, 3.8) is 0 Å². The van der Waals surface area contributed by atoms with Gasteiger partial charge in [-0.3, -0.25) is 0 Å². The second-order valence-corrected chi connectivity index (χ2v) is 5.66. The molecule has 0 spiro atoms. The Kier molecular flexibility index (Phi) is 5.28. The smallest absolute Gasteiger partial charge is 0.175 e. The first-order valence-corrected chi connectivity index (χ1v) is 7.33. The number of rotatable bonds is 3. The number of hydrogen-bond acceptors (Lipinski definition) is 2. The maximum atomic E-state index is 5.99. The molecule has 2 rings (SSSR count). The van der Waals surface area contributed by atoms with Gasteiger partial charge in [0.15, 0.2) is 5.11 Å². The monoisotopic (exact) mass is 340 g/mol. The van der Waals surface area contributed by atoms with Gasteiger partial charge in [-0.05, 0) is 61.1 Å². The molecule has 110 valence electrons. The van der Waals surface area contributed by atoms with E-state index in [0.29, 0.717) is 26.6 Å². The van der Waals surface area contributed by atoms with Gasteiger partial charge in [-0.1, -0.05) is 23.2 Å². The average Bonchev–Trinajstić information content (AvgIpc) is 2.42. The van der Waals surface area contributed by atoms with Crippen molar-refractivity contribution < 1.29 is 4.74 Å². The first-order valence-electron chi connectivity index (χ1n) is 6.17. The lowest BCUT2D eigenvalue weighted by molar-refractivity contribution is 0.417. The van der Waals surface area contributed by atoms with Crippen LogP contribution in [0.5, 0.6) is 5.75 Å². The third-order valence-electron chi connectivity index (χ3n) is 2.85. The van der Waals surface area contributed by atoms with Gasteiger partial charge in [-0.25, -0.2) is 0 Å². The number of hydrogen-bond donors (Lipinski definition) is 2. The number of benzene rings is 2. The molecule has 0 amide bonds. The minimum Gasteiger partial charge on any atom is -0.495 e. The molecule has 0 fully saturated rings. The summed E-state index contributed by atoms with van der Waals surface area (Å²) in [6, 6.07) is 10.8. The van der Waals surface area contributed by atoms with Crippen LogP contribution in [-0.4, -0.2) is 12.2 Å². The fourth-order valence-corrected chi connectivity index (χ4v) is 2.44. The SMILES string of the molecule is COc1ccc(Cl)cc1NC(=S)Nc1ccc(Cl)cc1C. The molecule has 3 nitrogen and oxygen atoms in total. The van der Waals surface area contributed by atoms with Crippen molar-refractivity contribution in [3.05, 3.63) is 52.0 Å². The minimum absolute atomic E-state index is 0.445. The largest absolute Gasteiger partial charge is 0.495 e. The summed E-state index contributed by atoms with van der Waals surface area (Å²) >= 11 is 17.2. The Morgan fingerprint density at radius 3 is 2.29 bits per heavy atom. The zero-order valence-corrected chi connectivity index (χ0v) is 13.9. The fraction of sp³-hybridized carbons (Fsp3) is 0.133. The van der Waals surface area contributed by atoms with Gasteiger partial charge < -0.3 is 15.4 Å². The second kappa shape index (κ2) is 6.98. The Hall–Kier alpha value is -1.49. The summed E-state index contributed by atoms with van der Waals surface area (Å²) in [5.74, 6) is 0.663. The molecule has 0 aromatic heterocycles. The van der Waals surface area contributed by atoms with Crippen LogP contribution in [0, 0.1) is 6.92 Å². The molecule has 0 aliphatic heterocycles. The van der Waals surface area contributed by atoms with Gasteiger partial charge in [-0.15, -0.1) is 0 Å². The number of thiocarbonyl (C=S) groups is 1. The van der Waals surface area contributed by atoms with Gasteiger partial charge in [0, 0.05) is 15.7 Å². The maximum Gasteiger partial charge on any atom is 0.175 e. The van der Waals surface area contributed by atoms with E-state index in [0.717, 1.165) is 11.3 Å². The molecule has 2 aromatic rings. The number of anilines is 2. The molecular weight excluding hydrogens is 327 g/mol. The van der Waals surface area contributed by atoms with E-state index in [1.165, 1.54) is 0 Å². The van der Waals surface area contributed by atoms with Crippen molar-refractivity contribution >= 4 is 51.9 Å². The van der Waals surface area contributed by atoms with Crippen LogP contribution in [0.15, 0.2) is 36.4 Å². The zero-order valence-electron chi connectivity index (χ0n) is 11.5. The van der Waals surface area contributed by atoms with E-state index in [4.69, 9.17) is 40.2 Å². The van der Waals surface area contributed by atoms with Crippen LogP contribution in [0.4, 0.5) is 11.4 Å². The van der Waals surface area contributed by atoms with Crippen molar-refractivity contribution in [1.82, 2.24) is 0 Å². The van der Waals surface area contributed by atoms with Crippen LogP contribution in [0.2, 0.25) is 10.0 Å². The van der Waals surface area contributed by atoms with Crippen molar-refractivity contribution in [2.45, 2.75) is 6.92 Å². The van der Waals surface area contributed by atoms with Crippen LogP contribution in [0.25, 0.3) is 0 Å². The van der Waals surface area contributed by atoms with Gasteiger partial charge in [0.05, 0.1) is 12.8 Å². The van der Waals surface area contributed by atoms with E-state index in [1.54, 1.807) is 31.4 Å². The van der Waals surface area contributed by atoms with Crippen molar-refractivity contribution in [1.29, 1.82) is 0 Å². The fourth-order valence-electron chi connectivity index (χ4n) is 1.82. The molecule has 21 heavy (non-hydrogen) atoms. The molecule has 0 saturated carbocycles. The highest BCUT2D eigenvalue weighted by Crippen LogP contribution is 2.28. The molecule has 0 unspecified atom stereocenters. The maximum absolute atomic E-state index is 5.99. The molecule has 0 aliphatic carbocycles. The summed E-state index contributed by atoms with van der Waals surface area (Å²) in [5.41, 5.74) is 2.59. The molecule has 0 radical (unpaired) electrons. The number of aryl methyl sites for hydroxylation is 1. The van der Waals surface area contributed by atoms with Crippen LogP contribution in [-0.2, 0) is 0 Å². The van der Waals surface area contributed by atoms with E-state index in [2.05, 4.69) is 10.6 Å². The number of halogens is 2. The highest BCUT2D eigenvalue weighted by molar-refractivity contribution is 7.80. The Morgan fingerprint density at radius 1 is 1.00 bits per heavy atom. The Bertz CT molecular complexity index is 677. The normalized spacial score (nSPS) is 10.1. The van der Waals surface area contributed by atoms with Gasteiger partial charge in [-0.2, -0.15) is 0 Å². The van der Waals surface area contributed by atoms with Crippen LogP contribution < -0.4 is 15.4 Å². The van der Waals surface area contributed by atoms with Crippen LogP contribution in [0.3, 0.4) is 0 Å². The quantitative estimate of drug-likeness (QED) is 0.759. The molecule has 0 bridgehead atoms. The van der Waals surface area contributed by atoms with Gasteiger partial charge >= 0.3 is 0 Å². The molecular formula is C15H14Cl2N2OS. The molecule has 0 saturated heterocycles. The Morgan fingerprint density at radius 2 is 1.62 bits per heavy atom. The summed E-state index contributed by atoms with van der Waals surface area (Å²) in [4.78, 5) is 0. The van der Waals surface area contributed by atoms with Gasteiger partial charge in [0.2, 0.25) is 0 Å². The second-order valence-electron chi connectivity index (χ2n) is 4.38. The summed E-state index contributed by atoms with van der Waals surface area (Å²) in [5, 5.41) is 7.92. The molecule has 2 aromatic carbocycles. The van der Waals surface area contributed by atoms with Crippen LogP contribution >= 0.6 is 35.4 Å². The molecule has 6 heteroatoms. The third-order valence-corrected chi connectivity index (χ3v) is 3.52. The van der Waals surface area contributed by atoms with Crippen molar-refractivity contribution in [3.8, 4) is 5.75 Å². The lowest BCUT2D eigenvalue weighted by atomic mass is 10.2. The zero-order chi connectivity index (χ0) is 15.4. The number of nitrogens with one attached hydrogen (secondary N) is 2. The van der Waals surface area contributed by atoms with Gasteiger partial charge in [0.25, 0.3) is 0 Å². The topological polar surface area (TPSA) is 33.3 Å². The van der Waals surface area contributed by atoms with E-state index in [1.807, 2.05) is 19.1 Å². The summed E-state index contributed by atoms with van der Waals surface area (Å²) in [6.45, 7) is 1.96. The predicted molar refractivity (Wildman–Crippen MR) is 94.0 cm³/mol. The Labute approximate surface area is 139 Å². The minimum atomic E-state index is 0.445. The Balaban J connectivity index is 2.13. The van der Waals surface area contributed by atoms with E-state index >= 15 is 0 Å². The molecule has 2 N–H and O–H groups in total. The highest BCUT2D eigenvalue weighted by Gasteiger charge is 2.07. The highest BCUT2D eigenvalue weighted by atomic mass is 35.5. The van der Waals surface area contributed by atoms with Gasteiger partial charge in [0.1, 0.15) is 5.75 Å². The summed E-state index contributed by atoms with van der Waals surface area (Å²) in [7, 11) is 1.59. The van der Waals surface area contributed by atoms with E-state index in [9.17, 15) is 0 Å². The lowest BCUT2D eigenvalue weighted by Gasteiger charge is -2.15. The van der Waals surface area contributed by atoms with E-state index < -0.39 is 0 Å². The molecule has 0 aliphatic rings. The number of methoxy groups -OCH3 is 1. The first-order chi connectivity index (χ1) is 9.99. The van der Waals surface area contributed by atoms with Crippen LogP contribution in [0.1, 0.15) is 5.56 Å². The average molecular weight is 341 g/mol. The third kappa shape index (κ3) is 4.24. The summed E-state index contributed by atoms with van der Waals surface area (Å²) < 4.78 is 5.26. The molecule has 0 heterocycles. The lowest BCUT2D eigenvalue weighted by Crippen LogP contribution is -2.20. The predicted octanol–water partition coefficient (Wildman–Crippen LogP) is 5.12. The number of ether oxygens (including phenoxy) is 1. The van der Waals surface area contributed by atoms with Crippen molar-refractivity contribution in [2.75, 3.05) is 17.7 Å². The summed E-state index contributed by atoms with van der Waals surface area (Å²) in [6.07, 6.45) is 0. The first kappa shape index (κ1) is 15.9. The van der Waals surface area contributed by atoms with Crippen molar-refractivity contribution in [2.24, 2.45) is 0 Å². The van der Waals surface area contributed by atoms with E-state index in [-0.39, 0.29) is 0 Å².